The summed E-state index contributed by atoms with van der Waals surface area (Å²) in [6.45, 7) is 0. The lowest BCUT2D eigenvalue weighted by Crippen LogP contribution is -2.18. The molecular formula is C7H6FN3O2. The highest BCUT2D eigenvalue weighted by molar-refractivity contribution is 6.42. The number of rotatable bonds is 2. The van der Waals surface area contributed by atoms with Crippen molar-refractivity contribution in [3.8, 4) is 0 Å². The Balaban J connectivity index is 3.21. The van der Waals surface area contributed by atoms with Gasteiger partial charge in [-0.1, -0.05) is 0 Å². The number of carboxylic acids is 1. The molecule has 0 bridgehead atoms. The zero-order chi connectivity index (χ0) is 9.84. The van der Waals surface area contributed by atoms with Gasteiger partial charge in [-0.25, -0.2) is 9.78 Å². The largest absolute Gasteiger partial charge is 0.476 e. The molecule has 1 rings (SSSR count). The summed E-state index contributed by atoms with van der Waals surface area (Å²) in [5.74, 6) is 2.48. The molecule has 0 unspecified atom stereocenters. The minimum Gasteiger partial charge on any atom is -0.476 e. The van der Waals surface area contributed by atoms with Gasteiger partial charge in [0.1, 0.15) is 0 Å². The van der Waals surface area contributed by atoms with E-state index in [-0.39, 0.29) is 5.56 Å². The van der Waals surface area contributed by atoms with Crippen LogP contribution in [0.25, 0.3) is 0 Å². The summed E-state index contributed by atoms with van der Waals surface area (Å²) in [4.78, 5) is 13.7. The van der Waals surface area contributed by atoms with E-state index in [2.05, 4.69) is 10.1 Å². The molecule has 0 aliphatic rings. The molecule has 0 aliphatic heterocycles. The van der Waals surface area contributed by atoms with E-state index in [1.54, 1.807) is 0 Å². The highest BCUT2D eigenvalue weighted by Gasteiger charge is 2.16. The van der Waals surface area contributed by atoms with E-state index in [1.165, 1.54) is 18.3 Å². The molecule has 68 valence electrons. The summed E-state index contributed by atoms with van der Waals surface area (Å²) in [5.41, 5.74) is -0.775. The van der Waals surface area contributed by atoms with E-state index in [9.17, 15) is 9.18 Å². The molecule has 0 saturated heterocycles. The first-order valence-corrected chi connectivity index (χ1v) is 3.29. The van der Waals surface area contributed by atoms with E-state index < -0.39 is 17.6 Å². The summed E-state index contributed by atoms with van der Waals surface area (Å²) in [5, 5.41) is 11.5. The number of aliphatic carboxylic acids is 1. The van der Waals surface area contributed by atoms with Gasteiger partial charge < -0.3 is 10.9 Å². The van der Waals surface area contributed by atoms with E-state index in [1.807, 2.05) is 0 Å². The lowest BCUT2D eigenvalue weighted by molar-refractivity contribution is -0.129. The van der Waals surface area contributed by atoms with Crippen molar-refractivity contribution >= 4 is 11.7 Å². The smallest absolute Gasteiger partial charge is 0.357 e. The summed E-state index contributed by atoms with van der Waals surface area (Å²) in [6, 6.07) is 2.63. The van der Waals surface area contributed by atoms with Crippen LogP contribution in [0.15, 0.2) is 23.4 Å². The molecule has 0 aromatic carbocycles. The van der Waals surface area contributed by atoms with E-state index in [0.717, 1.165) is 0 Å². The van der Waals surface area contributed by atoms with Crippen LogP contribution in [0, 0.1) is 5.95 Å². The fourth-order valence-corrected chi connectivity index (χ4v) is 0.803. The molecule has 1 heterocycles. The zero-order valence-corrected chi connectivity index (χ0v) is 6.44. The molecule has 0 aliphatic carbocycles. The summed E-state index contributed by atoms with van der Waals surface area (Å²) >= 11 is 0. The number of halogens is 1. The molecule has 0 spiro atoms. The Bertz CT molecular complexity index is 365. The highest BCUT2D eigenvalue weighted by atomic mass is 19.1. The van der Waals surface area contributed by atoms with Crippen molar-refractivity contribution in [2.75, 3.05) is 0 Å². The number of carbonyl (C=O) groups is 1. The van der Waals surface area contributed by atoms with Crippen LogP contribution in [0.5, 0.6) is 0 Å². The Hall–Kier alpha value is -1.98. The first kappa shape index (κ1) is 9.11. The van der Waals surface area contributed by atoms with Gasteiger partial charge in [0, 0.05) is 6.20 Å². The Morgan fingerprint density at radius 3 is 2.85 bits per heavy atom. The number of aromatic nitrogens is 1. The van der Waals surface area contributed by atoms with Crippen LogP contribution in [0.4, 0.5) is 4.39 Å². The van der Waals surface area contributed by atoms with E-state index in [0.29, 0.717) is 0 Å². The number of hydrogen-bond acceptors (Lipinski definition) is 4. The molecule has 0 atom stereocenters. The minimum absolute atomic E-state index is 0.225. The molecule has 1 aromatic heterocycles. The van der Waals surface area contributed by atoms with E-state index in [4.69, 9.17) is 10.9 Å². The van der Waals surface area contributed by atoms with Crippen molar-refractivity contribution in [3.63, 3.8) is 0 Å². The fraction of sp³-hybridized carbons (Fsp3) is 0. The summed E-state index contributed by atoms with van der Waals surface area (Å²) in [6.07, 6.45) is 1.20. The van der Waals surface area contributed by atoms with Gasteiger partial charge in [0.15, 0.2) is 5.71 Å². The van der Waals surface area contributed by atoms with Crippen molar-refractivity contribution in [2.24, 2.45) is 10.9 Å². The van der Waals surface area contributed by atoms with Gasteiger partial charge in [-0.3, -0.25) is 0 Å². The molecule has 3 N–H and O–H groups in total. The SMILES string of the molecule is N/N=C(\C(=O)O)c1cccnc1F. The topological polar surface area (TPSA) is 88.6 Å². The van der Waals surface area contributed by atoms with Crippen LogP contribution in [-0.2, 0) is 4.79 Å². The average Bonchev–Trinajstić information content (AvgIpc) is 2.09. The van der Waals surface area contributed by atoms with Crippen molar-refractivity contribution in [3.05, 3.63) is 29.8 Å². The van der Waals surface area contributed by atoms with Gasteiger partial charge in [0.25, 0.3) is 0 Å². The van der Waals surface area contributed by atoms with Gasteiger partial charge >= 0.3 is 5.97 Å². The number of hydrazone groups is 1. The fourth-order valence-electron chi connectivity index (χ4n) is 0.803. The second kappa shape index (κ2) is 3.61. The normalized spacial score (nSPS) is 11.3. The molecule has 0 saturated carbocycles. The quantitative estimate of drug-likeness (QED) is 0.291. The van der Waals surface area contributed by atoms with Crippen LogP contribution in [0.1, 0.15) is 5.56 Å². The monoisotopic (exact) mass is 183 g/mol. The molecule has 0 amide bonds. The number of nitrogens with zero attached hydrogens (tertiary/aromatic N) is 2. The minimum atomic E-state index is -1.39. The van der Waals surface area contributed by atoms with Crippen LogP contribution in [0.3, 0.4) is 0 Å². The van der Waals surface area contributed by atoms with Crippen LogP contribution in [0.2, 0.25) is 0 Å². The third kappa shape index (κ3) is 1.78. The zero-order valence-electron chi connectivity index (χ0n) is 6.44. The number of nitrogens with two attached hydrogens (primary N) is 1. The second-order valence-corrected chi connectivity index (χ2v) is 2.12. The number of hydrogen-bond donors (Lipinski definition) is 2. The van der Waals surface area contributed by atoms with Gasteiger partial charge in [0.2, 0.25) is 5.95 Å². The highest BCUT2D eigenvalue weighted by Crippen LogP contribution is 2.04. The Morgan fingerprint density at radius 2 is 2.38 bits per heavy atom. The van der Waals surface area contributed by atoms with E-state index >= 15 is 0 Å². The molecule has 6 heteroatoms. The first-order valence-electron chi connectivity index (χ1n) is 3.29. The summed E-state index contributed by atoms with van der Waals surface area (Å²) < 4.78 is 12.9. The predicted octanol–water partition coefficient (Wildman–Crippen LogP) is -0.0319. The maximum Gasteiger partial charge on any atom is 0.357 e. The second-order valence-electron chi connectivity index (χ2n) is 2.12. The average molecular weight is 183 g/mol. The molecule has 0 radical (unpaired) electrons. The first-order chi connectivity index (χ1) is 6.16. The number of carboxylic acid groups (broad SMARTS) is 1. The van der Waals surface area contributed by atoms with Gasteiger partial charge in [-0.2, -0.15) is 9.49 Å². The van der Waals surface area contributed by atoms with Gasteiger partial charge in [-0.15, -0.1) is 0 Å². The van der Waals surface area contributed by atoms with Crippen LogP contribution < -0.4 is 5.84 Å². The van der Waals surface area contributed by atoms with Crippen molar-refractivity contribution in [1.29, 1.82) is 0 Å². The third-order valence-corrected chi connectivity index (χ3v) is 1.35. The van der Waals surface area contributed by atoms with Crippen molar-refractivity contribution in [2.45, 2.75) is 0 Å². The van der Waals surface area contributed by atoms with Gasteiger partial charge in [-0.05, 0) is 12.1 Å². The van der Waals surface area contributed by atoms with Gasteiger partial charge in [0.05, 0.1) is 5.56 Å². The lowest BCUT2D eigenvalue weighted by Gasteiger charge is -1.99. The lowest BCUT2D eigenvalue weighted by atomic mass is 10.2. The molecule has 5 nitrogen and oxygen atoms in total. The maximum absolute atomic E-state index is 12.9. The molecule has 0 fully saturated rings. The Labute approximate surface area is 72.7 Å². The van der Waals surface area contributed by atoms with Crippen molar-refractivity contribution < 1.29 is 14.3 Å². The number of pyridine rings is 1. The Kier molecular flexibility index (Phi) is 2.53. The summed E-state index contributed by atoms with van der Waals surface area (Å²) in [7, 11) is 0. The standard InChI is InChI=1S/C7H6FN3O2/c8-6-4(2-1-3-10-6)5(11-9)7(12)13/h1-3H,9H2,(H,12,13)/b11-5-. The third-order valence-electron chi connectivity index (χ3n) is 1.35. The predicted molar refractivity (Wildman–Crippen MR) is 42.6 cm³/mol. The van der Waals surface area contributed by atoms with Crippen LogP contribution >= 0.6 is 0 Å². The van der Waals surface area contributed by atoms with Crippen molar-refractivity contribution in [1.82, 2.24) is 4.98 Å². The molecule has 13 heavy (non-hydrogen) atoms. The van der Waals surface area contributed by atoms with Crippen LogP contribution in [-0.4, -0.2) is 21.8 Å². The maximum atomic E-state index is 12.9. The Morgan fingerprint density at radius 1 is 1.69 bits per heavy atom. The molecule has 1 aromatic rings. The molecular weight excluding hydrogens is 177 g/mol.